The van der Waals surface area contributed by atoms with E-state index >= 15 is 0 Å². The lowest BCUT2D eigenvalue weighted by molar-refractivity contribution is 0.597. The fourth-order valence-electron chi connectivity index (χ4n) is 1.41. The van der Waals surface area contributed by atoms with Crippen molar-refractivity contribution in [2.75, 3.05) is 19.0 Å². The lowest BCUT2D eigenvalue weighted by atomic mass is 10.1. The SMILES string of the molecule is Cc1ccc2oc(N(C)C)nc2c1C. The molecule has 0 bridgehead atoms. The molecule has 0 atom stereocenters. The van der Waals surface area contributed by atoms with Gasteiger partial charge in [0.2, 0.25) is 0 Å². The average Bonchev–Trinajstić information content (AvgIpc) is 2.56. The Morgan fingerprint density at radius 2 is 1.93 bits per heavy atom. The van der Waals surface area contributed by atoms with Gasteiger partial charge in [0.05, 0.1) is 0 Å². The number of aryl methyl sites for hydroxylation is 2. The Kier molecular flexibility index (Phi) is 1.95. The van der Waals surface area contributed by atoms with Crippen LogP contribution in [0.3, 0.4) is 0 Å². The Balaban J connectivity index is 2.71. The Labute approximate surface area is 83.3 Å². The van der Waals surface area contributed by atoms with E-state index in [1.165, 1.54) is 11.1 Å². The molecule has 2 aromatic rings. The summed E-state index contributed by atoms with van der Waals surface area (Å²) in [6, 6.07) is 4.69. The zero-order valence-corrected chi connectivity index (χ0v) is 8.96. The molecule has 0 N–H and O–H groups in total. The molecule has 0 saturated heterocycles. The predicted octanol–water partition coefficient (Wildman–Crippen LogP) is 2.51. The van der Waals surface area contributed by atoms with Gasteiger partial charge < -0.3 is 9.32 Å². The molecule has 3 heteroatoms. The van der Waals surface area contributed by atoms with Gasteiger partial charge in [0, 0.05) is 14.1 Å². The lowest BCUT2D eigenvalue weighted by Gasteiger charge is -2.03. The monoisotopic (exact) mass is 190 g/mol. The number of fused-ring (bicyclic) bond motifs is 1. The van der Waals surface area contributed by atoms with Gasteiger partial charge in [-0.15, -0.1) is 0 Å². The highest BCUT2D eigenvalue weighted by Gasteiger charge is 2.09. The summed E-state index contributed by atoms with van der Waals surface area (Å²) in [5.74, 6) is 0. The van der Waals surface area contributed by atoms with Gasteiger partial charge in [-0.25, -0.2) is 0 Å². The van der Waals surface area contributed by atoms with E-state index in [0.717, 1.165) is 11.1 Å². The van der Waals surface area contributed by atoms with Gasteiger partial charge in [-0.05, 0) is 31.0 Å². The number of benzene rings is 1. The van der Waals surface area contributed by atoms with Crippen molar-refractivity contribution >= 4 is 17.1 Å². The molecule has 0 unspecified atom stereocenters. The molecule has 0 fully saturated rings. The highest BCUT2D eigenvalue weighted by Crippen LogP contribution is 2.24. The van der Waals surface area contributed by atoms with E-state index in [-0.39, 0.29) is 0 Å². The Morgan fingerprint density at radius 1 is 1.21 bits per heavy atom. The first-order chi connectivity index (χ1) is 6.59. The largest absolute Gasteiger partial charge is 0.423 e. The third-order valence-electron chi connectivity index (χ3n) is 2.46. The second-order valence-corrected chi connectivity index (χ2v) is 3.75. The Bertz CT molecular complexity index is 471. The molecule has 0 amide bonds. The van der Waals surface area contributed by atoms with Crippen molar-refractivity contribution in [1.29, 1.82) is 0 Å². The molecule has 1 heterocycles. The summed E-state index contributed by atoms with van der Waals surface area (Å²) in [4.78, 5) is 6.30. The molecule has 2 rings (SSSR count). The number of hydrogen-bond donors (Lipinski definition) is 0. The van der Waals surface area contributed by atoms with Crippen LogP contribution in [0.2, 0.25) is 0 Å². The van der Waals surface area contributed by atoms with Gasteiger partial charge in [0.1, 0.15) is 5.52 Å². The molecule has 0 aliphatic rings. The molecule has 3 nitrogen and oxygen atoms in total. The minimum atomic E-state index is 0.661. The molecule has 0 aliphatic carbocycles. The van der Waals surface area contributed by atoms with Crippen LogP contribution in [-0.4, -0.2) is 19.1 Å². The number of oxazole rings is 1. The molecule has 0 aliphatic heterocycles. The molecule has 1 aromatic carbocycles. The fourth-order valence-corrected chi connectivity index (χ4v) is 1.41. The van der Waals surface area contributed by atoms with Crippen LogP contribution in [0.5, 0.6) is 0 Å². The van der Waals surface area contributed by atoms with Crippen molar-refractivity contribution in [2.45, 2.75) is 13.8 Å². The number of rotatable bonds is 1. The molecule has 0 radical (unpaired) electrons. The van der Waals surface area contributed by atoms with Crippen LogP contribution in [0, 0.1) is 13.8 Å². The van der Waals surface area contributed by atoms with E-state index in [0.29, 0.717) is 6.01 Å². The van der Waals surface area contributed by atoms with Crippen LogP contribution in [-0.2, 0) is 0 Å². The quantitative estimate of drug-likeness (QED) is 0.692. The van der Waals surface area contributed by atoms with Crippen molar-refractivity contribution in [3.8, 4) is 0 Å². The first-order valence-electron chi connectivity index (χ1n) is 4.63. The van der Waals surface area contributed by atoms with E-state index < -0.39 is 0 Å². The van der Waals surface area contributed by atoms with E-state index in [1.807, 2.05) is 25.1 Å². The summed E-state index contributed by atoms with van der Waals surface area (Å²) in [7, 11) is 3.85. The van der Waals surface area contributed by atoms with Gasteiger partial charge in [-0.1, -0.05) is 6.07 Å². The van der Waals surface area contributed by atoms with E-state index in [9.17, 15) is 0 Å². The van der Waals surface area contributed by atoms with Crippen molar-refractivity contribution in [1.82, 2.24) is 4.98 Å². The normalized spacial score (nSPS) is 10.9. The maximum atomic E-state index is 5.58. The molecular weight excluding hydrogens is 176 g/mol. The van der Waals surface area contributed by atoms with Crippen LogP contribution in [0.25, 0.3) is 11.1 Å². The van der Waals surface area contributed by atoms with Crippen molar-refractivity contribution in [3.05, 3.63) is 23.3 Å². The lowest BCUT2D eigenvalue weighted by Crippen LogP contribution is -2.08. The first kappa shape index (κ1) is 9.06. The van der Waals surface area contributed by atoms with E-state index in [2.05, 4.69) is 24.9 Å². The van der Waals surface area contributed by atoms with E-state index in [1.54, 1.807) is 0 Å². The van der Waals surface area contributed by atoms with Crippen molar-refractivity contribution in [2.24, 2.45) is 0 Å². The highest BCUT2D eigenvalue weighted by atomic mass is 16.4. The Morgan fingerprint density at radius 3 is 2.57 bits per heavy atom. The minimum absolute atomic E-state index is 0.661. The van der Waals surface area contributed by atoms with Crippen LogP contribution in [0.4, 0.5) is 6.01 Å². The molecular formula is C11H14N2O. The van der Waals surface area contributed by atoms with Gasteiger partial charge in [0.15, 0.2) is 5.58 Å². The van der Waals surface area contributed by atoms with Crippen LogP contribution < -0.4 is 4.90 Å². The third kappa shape index (κ3) is 1.25. The summed E-state index contributed by atoms with van der Waals surface area (Å²) in [6.45, 7) is 4.15. The number of nitrogens with zero attached hydrogens (tertiary/aromatic N) is 2. The summed E-state index contributed by atoms with van der Waals surface area (Å²) in [6.07, 6.45) is 0. The number of aromatic nitrogens is 1. The third-order valence-corrected chi connectivity index (χ3v) is 2.46. The molecule has 74 valence electrons. The number of hydrogen-bond acceptors (Lipinski definition) is 3. The van der Waals surface area contributed by atoms with E-state index in [4.69, 9.17) is 4.42 Å². The molecule has 0 spiro atoms. The van der Waals surface area contributed by atoms with Crippen LogP contribution >= 0.6 is 0 Å². The second-order valence-electron chi connectivity index (χ2n) is 3.75. The van der Waals surface area contributed by atoms with Gasteiger partial charge in [-0.3, -0.25) is 0 Å². The maximum Gasteiger partial charge on any atom is 0.297 e. The first-order valence-corrected chi connectivity index (χ1v) is 4.63. The van der Waals surface area contributed by atoms with Crippen molar-refractivity contribution in [3.63, 3.8) is 0 Å². The number of anilines is 1. The van der Waals surface area contributed by atoms with Gasteiger partial charge >= 0.3 is 0 Å². The predicted molar refractivity (Wildman–Crippen MR) is 57.8 cm³/mol. The summed E-state index contributed by atoms with van der Waals surface area (Å²) >= 11 is 0. The van der Waals surface area contributed by atoms with Crippen molar-refractivity contribution < 1.29 is 4.42 Å². The highest BCUT2D eigenvalue weighted by molar-refractivity contribution is 5.79. The molecule has 1 aromatic heterocycles. The summed E-state index contributed by atoms with van der Waals surface area (Å²) in [5, 5.41) is 0. The molecule has 14 heavy (non-hydrogen) atoms. The van der Waals surface area contributed by atoms with Crippen LogP contribution in [0.1, 0.15) is 11.1 Å². The second kappa shape index (κ2) is 3.01. The zero-order chi connectivity index (χ0) is 10.3. The van der Waals surface area contributed by atoms with Gasteiger partial charge in [0.25, 0.3) is 6.01 Å². The smallest absolute Gasteiger partial charge is 0.297 e. The minimum Gasteiger partial charge on any atom is -0.423 e. The summed E-state index contributed by atoms with van der Waals surface area (Å²) in [5.41, 5.74) is 4.26. The summed E-state index contributed by atoms with van der Waals surface area (Å²) < 4.78 is 5.58. The fraction of sp³-hybridized carbons (Fsp3) is 0.364. The Hall–Kier alpha value is -1.51. The topological polar surface area (TPSA) is 29.3 Å². The standard InChI is InChI=1S/C11H14N2O/c1-7-5-6-9-10(8(7)2)12-11(14-9)13(3)4/h5-6H,1-4H3. The maximum absolute atomic E-state index is 5.58. The van der Waals surface area contributed by atoms with Crippen LogP contribution in [0.15, 0.2) is 16.5 Å². The molecule has 0 saturated carbocycles. The van der Waals surface area contributed by atoms with Gasteiger partial charge in [-0.2, -0.15) is 4.98 Å². The zero-order valence-electron chi connectivity index (χ0n) is 8.96. The average molecular weight is 190 g/mol.